The molecule has 150 valence electrons. The Balaban J connectivity index is 1.47. The maximum absolute atomic E-state index is 12.7. The molecular weight excluding hydrogens is 398 g/mol. The Bertz CT molecular complexity index is 1110. The molecule has 4 aromatic rings. The van der Waals surface area contributed by atoms with Crippen LogP contribution in [0, 0.1) is 0 Å². The Hall–Kier alpha value is -3.51. The van der Waals surface area contributed by atoms with Gasteiger partial charge in [-0.1, -0.05) is 84.4 Å². The molecular formula is C23H20ClN5O. The Morgan fingerprint density at radius 1 is 0.933 bits per heavy atom. The molecule has 1 amide bonds. The molecule has 0 spiro atoms. The molecule has 0 bridgehead atoms. The van der Waals surface area contributed by atoms with Crippen molar-refractivity contribution in [1.82, 2.24) is 25.5 Å². The fraction of sp³-hybridized carbons (Fsp3) is 0.130. The first-order chi connectivity index (χ1) is 14.7. The van der Waals surface area contributed by atoms with Gasteiger partial charge in [-0.3, -0.25) is 4.79 Å². The van der Waals surface area contributed by atoms with Crippen molar-refractivity contribution in [2.24, 2.45) is 0 Å². The van der Waals surface area contributed by atoms with Gasteiger partial charge in [-0.25, -0.2) is 0 Å². The second-order valence-corrected chi connectivity index (χ2v) is 7.25. The normalized spacial score (nSPS) is 11.8. The number of hydrogen-bond acceptors (Lipinski definition) is 4. The molecule has 7 heteroatoms. The number of rotatable bonds is 7. The summed E-state index contributed by atoms with van der Waals surface area (Å²) in [6.45, 7) is -0.0322. The van der Waals surface area contributed by atoms with Crippen molar-refractivity contribution >= 4 is 17.5 Å². The number of tetrazole rings is 1. The highest BCUT2D eigenvalue weighted by Gasteiger charge is 2.17. The van der Waals surface area contributed by atoms with Gasteiger partial charge < -0.3 is 5.32 Å². The molecule has 30 heavy (non-hydrogen) atoms. The number of amides is 1. The highest BCUT2D eigenvalue weighted by Crippen LogP contribution is 2.23. The lowest BCUT2D eigenvalue weighted by Gasteiger charge is -2.19. The van der Waals surface area contributed by atoms with Gasteiger partial charge in [0.15, 0.2) is 0 Å². The Kier molecular flexibility index (Phi) is 6.15. The van der Waals surface area contributed by atoms with E-state index in [0.717, 1.165) is 11.1 Å². The van der Waals surface area contributed by atoms with Crippen LogP contribution in [-0.2, 0) is 17.8 Å². The minimum absolute atomic E-state index is 0.0322. The van der Waals surface area contributed by atoms with Gasteiger partial charge in [-0.15, -0.1) is 10.2 Å². The van der Waals surface area contributed by atoms with Crippen LogP contribution in [0.3, 0.4) is 0 Å². The van der Waals surface area contributed by atoms with E-state index in [-0.39, 0.29) is 18.5 Å². The molecule has 0 fully saturated rings. The summed E-state index contributed by atoms with van der Waals surface area (Å²) >= 11 is 6.19. The van der Waals surface area contributed by atoms with Gasteiger partial charge in [-0.2, -0.15) is 4.80 Å². The average Bonchev–Trinajstić information content (AvgIpc) is 3.23. The van der Waals surface area contributed by atoms with Gasteiger partial charge in [0.1, 0.15) is 6.54 Å². The fourth-order valence-electron chi connectivity index (χ4n) is 3.22. The SMILES string of the molecule is O=C(Cn1nnc(-c2ccccc2Cl)n1)N[C@@H](Cc1ccccc1)c1ccccc1. The Labute approximate surface area is 179 Å². The summed E-state index contributed by atoms with van der Waals surface area (Å²) in [6.07, 6.45) is 0.687. The second-order valence-electron chi connectivity index (χ2n) is 6.84. The first-order valence-corrected chi connectivity index (χ1v) is 9.98. The fourth-order valence-corrected chi connectivity index (χ4v) is 3.44. The van der Waals surface area contributed by atoms with Gasteiger partial charge >= 0.3 is 0 Å². The summed E-state index contributed by atoms with van der Waals surface area (Å²) in [6, 6.07) is 27.1. The third-order valence-corrected chi connectivity index (χ3v) is 5.00. The van der Waals surface area contributed by atoms with Crippen molar-refractivity contribution in [3.8, 4) is 11.4 Å². The van der Waals surface area contributed by atoms with E-state index in [9.17, 15) is 4.79 Å². The highest BCUT2D eigenvalue weighted by molar-refractivity contribution is 6.33. The number of nitrogens with one attached hydrogen (secondary N) is 1. The van der Waals surface area contributed by atoms with Crippen LogP contribution in [0.1, 0.15) is 17.2 Å². The zero-order valence-corrected chi connectivity index (χ0v) is 16.9. The first-order valence-electron chi connectivity index (χ1n) is 9.60. The Morgan fingerprint density at radius 3 is 2.33 bits per heavy atom. The van der Waals surface area contributed by atoms with Crippen LogP contribution in [0.4, 0.5) is 0 Å². The van der Waals surface area contributed by atoms with Gasteiger partial charge in [-0.05, 0) is 34.9 Å². The molecule has 0 saturated carbocycles. The number of halogens is 1. The number of nitrogens with zero attached hydrogens (tertiary/aromatic N) is 4. The standard InChI is InChI=1S/C23H20ClN5O/c24-20-14-8-7-13-19(20)23-26-28-29(27-23)16-22(30)25-21(18-11-5-2-6-12-18)15-17-9-3-1-4-10-17/h1-14,21H,15-16H2,(H,25,30)/t21-/m0/s1. The Morgan fingerprint density at radius 2 is 1.60 bits per heavy atom. The zero-order valence-electron chi connectivity index (χ0n) is 16.1. The second kappa shape index (κ2) is 9.33. The molecule has 1 aromatic heterocycles. The third kappa shape index (κ3) is 4.90. The first kappa shape index (κ1) is 19.8. The number of carbonyl (C=O) groups excluding carboxylic acids is 1. The summed E-state index contributed by atoms with van der Waals surface area (Å²) in [5.41, 5.74) is 2.86. The third-order valence-electron chi connectivity index (χ3n) is 4.67. The van der Waals surface area contributed by atoms with E-state index in [4.69, 9.17) is 11.6 Å². The van der Waals surface area contributed by atoms with E-state index in [1.165, 1.54) is 4.80 Å². The number of aromatic nitrogens is 4. The number of benzene rings is 3. The van der Waals surface area contributed by atoms with Crippen molar-refractivity contribution in [2.45, 2.75) is 19.0 Å². The summed E-state index contributed by atoms with van der Waals surface area (Å²) in [7, 11) is 0. The molecule has 1 heterocycles. The summed E-state index contributed by atoms with van der Waals surface area (Å²) in [4.78, 5) is 14.0. The smallest absolute Gasteiger partial charge is 0.244 e. The maximum Gasteiger partial charge on any atom is 0.244 e. The van der Waals surface area contributed by atoms with Crippen molar-refractivity contribution in [3.05, 3.63) is 101 Å². The minimum Gasteiger partial charge on any atom is -0.347 e. The van der Waals surface area contributed by atoms with Crippen LogP contribution in [0.15, 0.2) is 84.9 Å². The van der Waals surface area contributed by atoms with Gasteiger partial charge in [0.05, 0.1) is 11.1 Å². The molecule has 0 radical (unpaired) electrons. The lowest BCUT2D eigenvalue weighted by molar-refractivity contribution is -0.122. The van der Waals surface area contributed by atoms with Crippen LogP contribution < -0.4 is 5.32 Å². The minimum atomic E-state index is -0.192. The van der Waals surface area contributed by atoms with E-state index >= 15 is 0 Å². The maximum atomic E-state index is 12.7. The molecule has 0 saturated heterocycles. The van der Waals surface area contributed by atoms with Crippen molar-refractivity contribution in [3.63, 3.8) is 0 Å². The van der Waals surface area contributed by atoms with Gasteiger partial charge in [0, 0.05) is 5.56 Å². The van der Waals surface area contributed by atoms with Crippen molar-refractivity contribution in [1.29, 1.82) is 0 Å². The van der Waals surface area contributed by atoms with E-state index in [1.807, 2.05) is 66.7 Å². The van der Waals surface area contributed by atoms with Gasteiger partial charge in [0.25, 0.3) is 0 Å². The van der Waals surface area contributed by atoms with E-state index in [1.54, 1.807) is 6.07 Å². The van der Waals surface area contributed by atoms with E-state index in [2.05, 4.69) is 32.9 Å². The van der Waals surface area contributed by atoms with Gasteiger partial charge in [0.2, 0.25) is 11.7 Å². The topological polar surface area (TPSA) is 72.7 Å². The van der Waals surface area contributed by atoms with Crippen LogP contribution in [-0.4, -0.2) is 26.1 Å². The molecule has 6 nitrogen and oxygen atoms in total. The van der Waals surface area contributed by atoms with E-state index < -0.39 is 0 Å². The van der Waals surface area contributed by atoms with Crippen LogP contribution in [0.5, 0.6) is 0 Å². The predicted octanol–water partition coefficient (Wildman–Crippen LogP) is 4.09. The monoisotopic (exact) mass is 417 g/mol. The molecule has 0 aliphatic carbocycles. The zero-order chi connectivity index (χ0) is 20.8. The molecule has 1 N–H and O–H groups in total. The summed E-state index contributed by atoms with van der Waals surface area (Å²) < 4.78 is 0. The lowest BCUT2D eigenvalue weighted by atomic mass is 9.99. The molecule has 0 unspecified atom stereocenters. The van der Waals surface area contributed by atoms with Crippen molar-refractivity contribution < 1.29 is 4.79 Å². The molecule has 3 aromatic carbocycles. The molecule has 0 aliphatic heterocycles. The lowest BCUT2D eigenvalue weighted by Crippen LogP contribution is -2.33. The summed E-state index contributed by atoms with van der Waals surface area (Å²) in [5, 5.41) is 15.9. The highest BCUT2D eigenvalue weighted by atomic mass is 35.5. The van der Waals surface area contributed by atoms with Crippen molar-refractivity contribution in [2.75, 3.05) is 0 Å². The number of hydrogen-bond donors (Lipinski definition) is 1. The number of carbonyl (C=O) groups is 1. The van der Waals surface area contributed by atoms with E-state index in [0.29, 0.717) is 22.8 Å². The van der Waals surface area contributed by atoms with Crippen LogP contribution >= 0.6 is 11.6 Å². The molecule has 1 atom stereocenters. The largest absolute Gasteiger partial charge is 0.347 e. The van der Waals surface area contributed by atoms with Crippen LogP contribution in [0.2, 0.25) is 5.02 Å². The molecule has 4 rings (SSSR count). The molecule has 0 aliphatic rings. The predicted molar refractivity (Wildman–Crippen MR) is 116 cm³/mol. The average molecular weight is 418 g/mol. The van der Waals surface area contributed by atoms with Crippen LogP contribution in [0.25, 0.3) is 11.4 Å². The summed E-state index contributed by atoms with van der Waals surface area (Å²) in [5.74, 6) is 0.195. The quantitative estimate of drug-likeness (QED) is 0.491.